The van der Waals surface area contributed by atoms with Crippen LogP contribution in [0.15, 0.2) is 47.4 Å². The van der Waals surface area contributed by atoms with Crippen LogP contribution in [0.5, 0.6) is 0 Å². The van der Waals surface area contributed by atoms with Crippen LogP contribution >= 0.6 is 0 Å². The lowest BCUT2D eigenvalue weighted by atomic mass is 10.1. The molecule has 0 atom stereocenters. The normalized spacial score (nSPS) is 10.7. The molecule has 0 aliphatic carbocycles. The monoisotopic (exact) mass is 266 g/mol. The average Bonchev–Trinajstić information content (AvgIpc) is 2.89. The number of hydrogen-bond acceptors (Lipinski definition) is 3. The van der Waals surface area contributed by atoms with Crippen molar-refractivity contribution < 1.29 is 0 Å². The zero-order chi connectivity index (χ0) is 14.1. The lowest BCUT2D eigenvalue weighted by Gasteiger charge is -2.06. The summed E-state index contributed by atoms with van der Waals surface area (Å²) in [7, 11) is 1.83. The largest absolute Gasteiger partial charge is 0.305 e. The Morgan fingerprint density at radius 3 is 2.55 bits per heavy atom. The maximum Gasteiger partial charge on any atom is 0.254 e. The third-order valence-electron chi connectivity index (χ3n) is 3.15. The Morgan fingerprint density at radius 1 is 1.15 bits per heavy atom. The Kier molecular flexibility index (Phi) is 2.95. The predicted molar refractivity (Wildman–Crippen MR) is 77.2 cm³/mol. The van der Waals surface area contributed by atoms with Crippen LogP contribution in [0.2, 0.25) is 0 Å². The van der Waals surface area contributed by atoms with E-state index in [9.17, 15) is 4.79 Å². The molecule has 1 N–H and O–H groups in total. The zero-order valence-corrected chi connectivity index (χ0v) is 11.3. The van der Waals surface area contributed by atoms with Gasteiger partial charge in [0, 0.05) is 24.4 Å². The molecule has 3 aromatic rings. The van der Waals surface area contributed by atoms with Crippen LogP contribution in [0, 0.1) is 6.92 Å². The van der Waals surface area contributed by atoms with Crippen molar-refractivity contribution in [3.05, 3.63) is 58.5 Å². The van der Waals surface area contributed by atoms with Crippen LogP contribution < -0.4 is 5.56 Å². The molecule has 3 rings (SSSR count). The number of benzene rings is 1. The molecule has 2 aromatic heterocycles. The van der Waals surface area contributed by atoms with Crippen molar-refractivity contribution in [3.8, 4) is 22.8 Å². The van der Waals surface area contributed by atoms with E-state index in [0.717, 1.165) is 5.56 Å². The number of nitrogens with one attached hydrogen (secondary N) is 1. The summed E-state index contributed by atoms with van der Waals surface area (Å²) in [4.78, 5) is 19.4. The summed E-state index contributed by atoms with van der Waals surface area (Å²) in [5.41, 5.74) is 2.74. The summed E-state index contributed by atoms with van der Waals surface area (Å²) >= 11 is 0. The molecule has 0 bridgehead atoms. The first-order valence-corrected chi connectivity index (χ1v) is 6.31. The van der Waals surface area contributed by atoms with Gasteiger partial charge < -0.3 is 4.98 Å². The third kappa shape index (κ3) is 2.14. The number of aromatic amines is 1. The minimum Gasteiger partial charge on any atom is -0.305 e. The summed E-state index contributed by atoms with van der Waals surface area (Å²) in [6.45, 7) is 1.77. The second-order valence-electron chi connectivity index (χ2n) is 4.63. The molecule has 0 aliphatic rings. The molecule has 20 heavy (non-hydrogen) atoms. The molecule has 0 radical (unpaired) electrons. The first kappa shape index (κ1) is 12.3. The van der Waals surface area contributed by atoms with Crippen molar-refractivity contribution in [1.29, 1.82) is 0 Å². The van der Waals surface area contributed by atoms with Gasteiger partial charge in [0.1, 0.15) is 5.69 Å². The van der Waals surface area contributed by atoms with Crippen LogP contribution in [0.25, 0.3) is 22.8 Å². The number of aryl methyl sites for hydroxylation is 1. The van der Waals surface area contributed by atoms with Crippen LogP contribution in [-0.4, -0.2) is 19.7 Å². The van der Waals surface area contributed by atoms with Gasteiger partial charge in [-0.25, -0.2) is 4.98 Å². The summed E-state index contributed by atoms with van der Waals surface area (Å²) in [6.07, 6.45) is 1.82. The highest BCUT2D eigenvalue weighted by molar-refractivity contribution is 5.64. The second-order valence-corrected chi connectivity index (χ2v) is 4.63. The molecule has 5 heteroatoms. The van der Waals surface area contributed by atoms with E-state index in [1.54, 1.807) is 11.6 Å². The number of rotatable bonds is 2. The topological polar surface area (TPSA) is 63.6 Å². The van der Waals surface area contributed by atoms with Gasteiger partial charge in [-0.3, -0.25) is 9.48 Å². The van der Waals surface area contributed by atoms with E-state index in [2.05, 4.69) is 15.1 Å². The fourth-order valence-corrected chi connectivity index (χ4v) is 2.07. The Balaban J connectivity index is 2.21. The van der Waals surface area contributed by atoms with E-state index in [-0.39, 0.29) is 5.56 Å². The van der Waals surface area contributed by atoms with E-state index in [1.165, 1.54) is 0 Å². The molecule has 100 valence electrons. The van der Waals surface area contributed by atoms with Gasteiger partial charge in [0.05, 0.1) is 5.69 Å². The lowest BCUT2D eigenvalue weighted by molar-refractivity contribution is 0.768. The van der Waals surface area contributed by atoms with Crippen LogP contribution in [0.1, 0.15) is 5.56 Å². The fraction of sp³-hybridized carbons (Fsp3) is 0.133. The number of hydrogen-bond donors (Lipinski definition) is 1. The summed E-state index contributed by atoms with van der Waals surface area (Å²) in [5, 5.41) is 4.27. The van der Waals surface area contributed by atoms with Gasteiger partial charge >= 0.3 is 0 Å². The van der Waals surface area contributed by atoms with Crippen LogP contribution in [-0.2, 0) is 7.05 Å². The second kappa shape index (κ2) is 4.77. The maximum absolute atomic E-state index is 12.1. The van der Waals surface area contributed by atoms with E-state index in [1.807, 2.05) is 49.6 Å². The highest BCUT2D eigenvalue weighted by Crippen LogP contribution is 2.20. The fourth-order valence-electron chi connectivity index (χ4n) is 2.07. The number of H-pyrrole nitrogens is 1. The van der Waals surface area contributed by atoms with Gasteiger partial charge in [-0.2, -0.15) is 5.10 Å². The van der Waals surface area contributed by atoms with Gasteiger partial charge in [-0.15, -0.1) is 0 Å². The van der Waals surface area contributed by atoms with Gasteiger partial charge in [0.25, 0.3) is 5.56 Å². The smallest absolute Gasteiger partial charge is 0.254 e. The van der Waals surface area contributed by atoms with E-state index in [4.69, 9.17) is 0 Å². The summed E-state index contributed by atoms with van der Waals surface area (Å²) < 4.78 is 1.68. The van der Waals surface area contributed by atoms with Crippen molar-refractivity contribution in [2.45, 2.75) is 6.92 Å². The van der Waals surface area contributed by atoms with E-state index < -0.39 is 0 Å². The van der Waals surface area contributed by atoms with Crippen molar-refractivity contribution in [2.75, 3.05) is 0 Å². The molecule has 0 unspecified atom stereocenters. The minimum atomic E-state index is -0.139. The van der Waals surface area contributed by atoms with E-state index in [0.29, 0.717) is 22.8 Å². The molecule has 0 spiro atoms. The van der Waals surface area contributed by atoms with Crippen molar-refractivity contribution in [2.24, 2.45) is 7.05 Å². The number of aromatic nitrogens is 4. The van der Waals surface area contributed by atoms with Crippen LogP contribution in [0.3, 0.4) is 0 Å². The lowest BCUT2D eigenvalue weighted by Crippen LogP contribution is -2.14. The molecule has 0 fully saturated rings. The molecule has 0 saturated heterocycles. The van der Waals surface area contributed by atoms with Gasteiger partial charge in [-0.05, 0) is 13.0 Å². The molecular weight excluding hydrogens is 252 g/mol. The first-order chi connectivity index (χ1) is 9.65. The molecule has 0 amide bonds. The molecule has 0 saturated carbocycles. The molecule has 2 heterocycles. The van der Waals surface area contributed by atoms with Crippen LogP contribution in [0.4, 0.5) is 0 Å². The van der Waals surface area contributed by atoms with Gasteiger partial charge in [0.2, 0.25) is 0 Å². The zero-order valence-electron chi connectivity index (χ0n) is 11.3. The maximum atomic E-state index is 12.1. The summed E-state index contributed by atoms with van der Waals surface area (Å²) in [6, 6.07) is 11.5. The Bertz CT molecular complexity index is 802. The minimum absolute atomic E-state index is 0.139. The van der Waals surface area contributed by atoms with Crippen molar-refractivity contribution in [3.63, 3.8) is 0 Å². The SMILES string of the molecule is Cc1c(-c2ccccc2)nc(-c2ccn(C)n2)[nH]c1=O. The Morgan fingerprint density at radius 2 is 1.90 bits per heavy atom. The predicted octanol–water partition coefficient (Wildman–Crippen LogP) is 2.15. The van der Waals surface area contributed by atoms with Crippen molar-refractivity contribution >= 4 is 0 Å². The van der Waals surface area contributed by atoms with Crippen molar-refractivity contribution in [1.82, 2.24) is 19.7 Å². The first-order valence-electron chi connectivity index (χ1n) is 6.31. The Hall–Kier alpha value is -2.69. The van der Waals surface area contributed by atoms with Gasteiger partial charge in [0.15, 0.2) is 5.82 Å². The highest BCUT2D eigenvalue weighted by Gasteiger charge is 2.12. The summed E-state index contributed by atoms with van der Waals surface area (Å²) in [5.74, 6) is 0.486. The van der Waals surface area contributed by atoms with E-state index >= 15 is 0 Å². The standard InChI is InChI=1S/C15H14N4O/c1-10-13(11-6-4-3-5-7-11)16-14(17-15(10)20)12-8-9-19(2)18-12/h3-9H,1-2H3,(H,16,17,20). The third-order valence-corrected chi connectivity index (χ3v) is 3.15. The molecular formula is C15H14N4O. The number of nitrogens with zero attached hydrogens (tertiary/aromatic N) is 3. The molecule has 5 nitrogen and oxygen atoms in total. The highest BCUT2D eigenvalue weighted by atomic mass is 16.1. The quantitative estimate of drug-likeness (QED) is 0.773. The Labute approximate surface area is 115 Å². The average molecular weight is 266 g/mol. The molecule has 1 aromatic carbocycles. The molecule has 0 aliphatic heterocycles. The van der Waals surface area contributed by atoms with Gasteiger partial charge in [-0.1, -0.05) is 30.3 Å².